The van der Waals surface area contributed by atoms with Crippen molar-refractivity contribution in [3.05, 3.63) is 47.2 Å². The fraction of sp³-hybridized carbons (Fsp3) is 0.444. The SMILES string of the molecule is CC(C)NC1CCN(C(=O)c2cc(-n3cccn3)ccc2Cl)CC1. The van der Waals surface area contributed by atoms with E-state index in [-0.39, 0.29) is 5.91 Å². The van der Waals surface area contributed by atoms with Crippen LogP contribution in [0.4, 0.5) is 0 Å². The number of aromatic nitrogens is 2. The lowest BCUT2D eigenvalue weighted by Crippen LogP contribution is -2.46. The van der Waals surface area contributed by atoms with E-state index in [4.69, 9.17) is 11.6 Å². The number of likely N-dealkylation sites (tertiary alicyclic amines) is 1. The van der Waals surface area contributed by atoms with Crippen LogP contribution in [0.2, 0.25) is 5.02 Å². The Morgan fingerprint density at radius 3 is 2.71 bits per heavy atom. The number of carbonyl (C=O) groups excluding carboxylic acids is 1. The number of hydrogen-bond acceptors (Lipinski definition) is 3. The number of amides is 1. The molecule has 0 atom stereocenters. The first-order valence-electron chi connectivity index (χ1n) is 8.39. The molecule has 1 aromatic carbocycles. The number of hydrogen-bond donors (Lipinski definition) is 1. The van der Waals surface area contributed by atoms with Crippen LogP contribution in [0.3, 0.4) is 0 Å². The minimum absolute atomic E-state index is 0.00277. The average Bonchev–Trinajstić information content (AvgIpc) is 3.09. The number of nitrogens with one attached hydrogen (secondary N) is 1. The molecule has 2 heterocycles. The molecular formula is C18H23ClN4O. The van der Waals surface area contributed by atoms with Crippen LogP contribution >= 0.6 is 11.6 Å². The van der Waals surface area contributed by atoms with Crippen LogP contribution in [0.1, 0.15) is 37.0 Å². The van der Waals surface area contributed by atoms with Crippen LogP contribution in [0, 0.1) is 0 Å². The maximum Gasteiger partial charge on any atom is 0.255 e. The van der Waals surface area contributed by atoms with Gasteiger partial charge in [0.2, 0.25) is 0 Å². The van der Waals surface area contributed by atoms with Crippen LogP contribution in [0.5, 0.6) is 0 Å². The largest absolute Gasteiger partial charge is 0.338 e. The number of carbonyl (C=O) groups is 1. The molecule has 1 N–H and O–H groups in total. The van der Waals surface area contributed by atoms with Gasteiger partial charge in [-0.05, 0) is 37.1 Å². The molecule has 0 radical (unpaired) electrons. The Labute approximate surface area is 147 Å². The summed E-state index contributed by atoms with van der Waals surface area (Å²) in [5.74, 6) is -0.00277. The highest BCUT2D eigenvalue weighted by molar-refractivity contribution is 6.33. The second-order valence-corrected chi connectivity index (χ2v) is 6.91. The van der Waals surface area contributed by atoms with Gasteiger partial charge in [-0.2, -0.15) is 5.10 Å². The third kappa shape index (κ3) is 3.79. The van der Waals surface area contributed by atoms with Gasteiger partial charge in [-0.15, -0.1) is 0 Å². The normalized spacial score (nSPS) is 15.9. The lowest BCUT2D eigenvalue weighted by molar-refractivity contribution is 0.0703. The Kier molecular flexibility index (Phi) is 5.21. The van der Waals surface area contributed by atoms with E-state index in [1.54, 1.807) is 16.9 Å². The summed E-state index contributed by atoms with van der Waals surface area (Å²) in [5.41, 5.74) is 1.38. The summed E-state index contributed by atoms with van der Waals surface area (Å²) < 4.78 is 1.73. The van der Waals surface area contributed by atoms with Crippen molar-refractivity contribution in [2.45, 2.75) is 38.8 Å². The number of nitrogens with zero attached hydrogens (tertiary/aromatic N) is 3. The number of piperidine rings is 1. The van der Waals surface area contributed by atoms with Crippen molar-refractivity contribution >= 4 is 17.5 Å². The molecule has 128 valence electrons. The Hall–Kier alpha value is -1.85. The smallest absolute Gasteiger partial charge is 0.255 e. The topological polar surface area (TPSA) is 50.2 Å². The summed E-state index contributed by atoms with van der Waals surface area (Å²) in [5, 5.41) is 8.24. The Morgan fingerprint density at radius 1 is 1.33 bits per heavy atom. The molecular weight excluding hydrogens is 324 g/mol. The van der Waals surface area contributed by atoms with Gasteiger partial charge in [0.05, 0.1) is 16.3 Å². The third-order valence-electron chi connectivity index (χ3n) is 4.30. The fourth-order valence-corrected chi connectivity index (χ4v) is 3.33. The molecule has 0 spiro atoms. The quantitative estimate of drug-likeness (QED) is 0.925. The minimum atomic E-state index is -0.00277. The summed E-state index contributed by atoms with van der Waals surface area (Å²) >= 11 is 6.28. The number of rotatable bonds is 4. The van der Waals surface area contributed by atoms with Crippen molar-refractivity contribution in [3.8, 4) is 5.69 Å². The molecule has 1 aliphatic rings. The second kappa shape index (κ2) is 7.36. The van der Waals surface area contributed by atoms with E-state index >= 15 is 0 Å². The first-order valence-corrected chi connectivity index (χ1v) is 8.77. The Morgan fingerprint density at radius 2 is 2.08 bits per heavy atom. The first kappa shape index (κ1) is 17.0. The van der Waals surface area contributed by atoms with Crippen LogP contribution in [-0.4, -0.2) is 45.8 Å². The van der Waals surface area contributed by atoms with E-state index in [0.29, 0.717) is 22.7 Å². The molecule has 0 aliphatic carbocycles. The first-order chi connectivity index (χ1) is 11.5. The van der Waals surface area contributed by atoms with Crippen molar-refractivity contribution < 1.29 is 4.79 Å². The zero-order valence-corrected chi connectivity index (χ0v) is 14.8. The van der Waals surface area contributed by atoms with E-state index in [0.717, 1.165) is 31.6 Å². The van der Waals surface area contributed by atoms with Gasteiger partial charge in [-0.3, -0.25) is 4.79 Å². The summed E-state index contributed by atoms with van der Waals surface area (Å²) in [4.78, 5) is 14.8. The van der Waals surface area contributed by atoms with Crippen LogP contribution in [0.15, 0.2) is 36.7 Å². The molecule has 0 unspecified atom stereocenters. The van der Waals surface area contributed by atoms with Crippen LogP contribution < -0.4 is 5.32 Å². The molecule has 1 fully saturated rings. The minimum Gasteiger partial charge on any atom is -0.338 e. The van der Waals surface area contributed by atoms with E-state index in [2.05, 4.69) is 24.3 Å². The standard InChI is InChI=1S/C18H23ClN4O/c1-13(2)21-14-6-10-22(11-7-14)18(24)16-12-15(4-5-17(16)19)23-9-3-8-20-23/h3-5,8-9,12-14,21H,6-7,10-11H2,1-2H3. The van der Waals surface area contributed by atoms with Gasteiger partial charge in [-0.1, -0.05) is 25.4 Å². The highest BCUT2D eigenvalue weighted by atomic mass is 35.5. The zero-order valence-electron chi connectivity index (χ0n) is 14.1. The van der Waals surface area contributed by atoms with Gasteiger partial charge in [0.1, 0.15) is 0 Å². The lowest BCUT2D eigenvalue weighted by atomic mass is 10.0. The maximum atomic E-state index is 12.9. The van der Waals surface area contributed by atoms with E-state index in [1.165, 1.54) is 0 Å². The van der Waals surface area contributed by atoms with Gasteiger partial charge < -0.3 is 10.2 Å². The van der Waals surface area contributed by atoms with Crippen molar-refractivity contribution in [2.75, 3.05) is 13.1 Å². The number of benzene rings is 1. The molecule has 24 heavy (non-hydrogen) atoms. The predicted octanol–water partition coefficient (Wildman–Crippen LogP) is 3.13. The van der Waals surface area contributed by atoms with Gasteiger partial charge in [-0.25, -0.2) is 4.68 Å². The second-order valence-electron chi connectivity index (χ2n) is 6.50. The highest BCUT2D eigenvalue weighted by Crippen LogP contribution is 2.23. The molecule has 5 nitrogen and oxygen atoms in total. The zero-order chi connectivity index (χ0) is 17.1. The van der Waals surface area contributed by atoms with E-state index in [9.17, 15) is 4.79 Å². The van der Waals surface area contributed by atoms with Gasteiger partial charge >= 0.3 is 0 Å². The van der Waals surface area contributed by atoms with Gasteiger partial charge in [0, 0.05) is 37.6 Å². The Balaban J connectivity index is 1.72. The monoisotopic (exact) mass is 346 g/mol. The summed E-state index contributed by atoms with van der Waals surface area (Å²) in [7, 11) is 0. The highest BCUT2D eigenvalue weighted by Gasteiger charge is 2.25. The van der Waals surface area contributed by atoms with Crippen molar-refractivity contribution in [2.24, 2.45) is 0 Å². The molecule has 1 aliphatic heterocycles. The lowest BCUT2D eigenvalue weighted by Gasteiger charge is -2.33. The molecule has 0 bridgehead atoms. The van der Waals surface area contributed by atoms with Crippen molar-refractivity contribution in [1.82, 2.24) is 20.0 Å². The van der Waals surface area contributed by atoms with Gasteiger partial charge in [0.15, 0.2) is 0 Å². The van der Waals surface area contributed by atoms with E-state index < -0.39 is 0 Å². The van der Waals surface area contributed by atoms with E-state index in [1.807, 2.05) is 29.3 Å². The molecule has 1 aromatic heterocycles. The molecule has 1 amide bonds. The predicted molar refractivity (Wildman–Crippen MR) is 95.8 cm³/mol. The third-order valence-corrected chi connectivity index (χ3v) is 4.63. The Bertz CT molecular complexity index is 691. The maximum absolute atomic E-state index is 12.9. The molecule has 1 saturated heterocycles. The van der Waals surface area contributed by atoms with Crippen molar-refractivity contribution in [3.63, 3.8) is 0 Å². The van der Waals surface area contributed by atoms with Gasteiger partial charge in [0.25, 0.3) is 5.91 Å². The number of halogens is 1. The summed E-state index contributed by atoms with van der Waals surface area (Å²) in [6, 6.07) is 8.25. The average molecular weight is 347 g/mol. The van der Waals surface area contributed by atoms with Crippen molar-refractivity contribution in [1.29, 1.82) is 0 Å². The molecule has 2 aromatic rings. The summed E-state index contributed by atoms with van der Waals surface area (Å²) in [6.45, 7) is 5.81. The molecule has 6 heteroatoms. The molecule has 0 saturated carbocycles. The molecule has 3 rings (SSSR count). The van der Waals surface area contributed by atoms with Crippen LogP contribution in [0.25, 0.3) is 5.69 Å². The fourth-order valence-electron chi connectivity index (χ4n) is 3.13. The van der Waals surface area contributed by atoms with Crippen LogP contribution in [-0.2, 0) is 0 Å². The summed E-state index contributed by atoms with van der Waals surface area (Å²) in [6.07, 6.45) is 5.50.